The molecule has 0 saturated carbocycles. The van der Waals surface area contributed by atoms with Gasteiger partial charge in [0.25, 0.3) is 17.5 Å². The maximum Gasteiger partial charge on any atom is 0.282 e. The average Bonchev–Trinajstić information content (AvgIpc) is 3.08. The molecule has 0 bridgehead atoms. The number of carbonyl (C=O) groups excluding carboxylic acids is 3. The Kier molecular flexibility index (Phi) is 7.74. The zero-order chi connectivity index (χ0) is 24.0. The molecule has 0 aromatic heterocycles. The number of thioether (sulfide) groups is 1. The molecule has 1 fully saturated rings. The summed E-state index contributed by atoms with van der Waals surface area (Å²) in [4.78, 5) is 49.0. The Hall–Kier alpha value is -3.77. The van der Waals surface area contributed by atoms with Crippen molar-refractivity contribution in [3.05, 3.63) is 74.7 Å². The molecule has 12 heteroatoms. The van der Waals surface area contributed by atoms with Crippen LogP contribution in [-0.4, -0.2) is 45.5 Å². The van der Waals surface area contributed by atoms with Crippen LogP contribution in [0, 0.1) is 10.1 Å². The monoisotopic (exact) mass is 486 g/mol. The van der Waals surface area contributed by atoms with Crippen molar-refractivity contribution in [3.63, 3.8) is 0 Å². The fraction of sp³-hybridized carbons (Fsp3) is 0.143. The quantitative estimate of drug-likeness (QED) is 0.264. The molecule has 2 aromatic carbocycles. The Bertz CT molecular complexity index is 1150. The highest BCUT2D eigenvalue weighted by molar-refractivity contribution is 8.26. The van der Waals surface area contributed by atoms with E-state index in [0.717, 1.165) is 17.3 Å². The first-order valence-corrected chi connectivity index (χ1v) is 10.7. The van der Waals surface area contributed by atoms with Gasteiger partial charge in [-0.2, -0.15) is 0 Å². The second-order valence-electron chi connectivity index (χ2n) is 6.63. The van der Waals surface area contributed by atoms with Crippen LogP contribution in [0.15, 0.2) is 53.4 Å². The van der Waals surface area contributed by atoms with Gasteiger partial charge in [0, 0.05) is 19.0 Å². The molecule has 0 radical (unpaired) electrons. The molecule has 0 spiro atoms. The van der Waals surface area contributed by atoms with Crippen LogP contribution in [0.1, 0.15) is 22.3 Å². The van der Waals surface area contributed by atoms with Crippen molar-refractivity contribution in [2.24, 2.45) is 0 Å². The van der Waals surface area contributed by atoms with Gasteiger partial charge in [-0.1, -0.05) is 48.2 Å². The molecule has 0 atom stereocenters. The Balaban J connectivity index is 1.54. The van der Waals surface area contributed by atoms with Crippen LogP contribution in [0.5, 0.6) is 5.75 Å². The summed E-state index contributed by atoms with van der Waals surface area (Å²) >= 11 is 6.38. The van der Waals surface area contributed by atoms with Crippen molar-refractivity contribution in [2.75, 3.05) is 13.7 Å². The number of nitro groups is 1. The number of hydrazine groups is 1. The highest BCUT2D eigenvalue weighted by Gasteiger charge is 2.32. The third-order valence-corrected chi connectivity index (χ3v) is 5.89. The number of methoxy groups -OCH3 is 1. The molecule has 0 unspecified atom stereocenters. The summed E-state index contributed by atoms with van der Waals surface area (Å²) in [5.41, 5.74) is 4.55. The number of para-hydroxylation sites is 1. The number of benzene rings is 2. The molecule has 3 amide bonds. The van der Waals surface area contributed by atoms with Gasteiger partial charge in [-0.15, -0.1) is 0 Å². The number of nitrogens with zero attached hydrogens (tertiary/aromatic N) is 2. The van der Waals surface area contributed by atoms with Crippen molar-refractivity contribution >= 4 is 57.8 Å². The molecule has 3 rings (SSSR count). The SMILES string of the molecule is COc1ccc(/C=C2/SC(=S)N(CCC(=O)NNC(=O)c3ccccc3[N+](=O)[O-])C2=O)cc1. The summed E-state index contributed by atoms with van der Waals surface area (Å²) < 4.78 is 5.43. The van der Waals surface area contributed by atoms with Gasteiger partial charge in [0.05, 0.1) is 16.9 Å². The third-order valence-electron chi connectivity index (χ3n) is 4.51. The number of nitrogens with one attached hydrogen (secondary N) is 2. The first-order chi connectivity index (χ1) is 15.8. The van der Waals surface area contributed by atoms with Crippen molar-refractivity contribution in [3.8, 4) is 5.75 Å². The van der Waals surface area contributed by atoms with E-state index >= 15 is 0 Å². The molecule has 1 aliphatic rings. The fourth-order valence-corrected chi connectivity index (χ4v) is 4.15. The molecule has 1 heterocycles. The van der Waals surface area contributed by atoms with E-state index in [-0.39, 0.29) is 30.1 Å². The van der Waals surface area contributed by atoms with E-state index in [1.54, 1.807) is 37.5 Å². The molecule has 1 saturated heterocycles. The van der Waals surface area contributed by atoms with E-state index in [4.69, 9.17) is 17.0 Å². The van der Waals surface area contributed by atoms with Gasteiger partial charge in [-0.05, 0) is 29.8 Å². The Morgan fingerprint density at radius 2 is 1.88 bits per heavy atom. The lowest BCUT2D eigenvalue weighted by molar-refractivity contribution is -0.385. The number of thiocarbonyl (C=S) groups is 1. The largest absolute Gasteiger partial charge is 0.497 e. The lowest BCUT2D eigenvalue weighted by Gasteiger charge is -2.14. The Labute approximate surface area is 198 Å². The van der Waals surface area contributed by atoms with E-state index < -0.39 is 16.7 Å². The first kappa shape index (κ1) is 23.9. The van der Waals surface area contributed by atoms with Crippen LogP contribution in [0.25, 0.3) is 6.08 Å². The summed E-state index contributed by atoms with van der Waals surface area (Å²) in [7, 11) is 1.56. The predicted molar refractivity (Wildman–Crippen MR) is 126 cm³/mol. The molecule has 0 aliphatic carbocycles. The van der Waals surface area contributed by atoms with E-state index in [9.17, 15) is 24.5 Å². The average molecular weight is 487 g/mol. The molecular weight excluding hydrogens is 468 g/mol. The summed E-state index contributed by atoms with van der Waals surface area (Å²) in [6, 6.07) is 12.5. The maximum absolute atomic E-state index is 12.7. The van der Waals surface area contributed by atoms with E-state index in [2.05, 4.69) is 10.9 Å². The van der Waals surface area contributed by atoms with Crippen LogP contribution < -0.4 is 15.6 Å². The minimum atomic E-state index is -0.830. The topological polar surface area (TPSA) is 131 Å². The van der Waals surface area contributed by atoms with Gasteiger partial charge >= 0.3 is 0 Å². The number of nitro benzene ring substituents is 1. The number of hydrogen-bond donors (Lipinski definition) is 2. The summed E-state index contributed by atoms with van der Waals surface area (Å²) in [6.07, 6.45) is 1.56. The van der Waals surface area contributed by atoms with Crippen LogP contribution in [0.2, 0.25) is 0 Å². The molecule has 170 valence electrons. The number of hydrogen-bond acceptors (Lipinski definition) is 8. The van der Waals surface area contributed by atoms with Gasteiger partial charge in [0.15, 0.2) is 0 Å². The lowest BCUT2D eigenvalue weighted by atomic mass is 10.2. The van der Waals surface area contributed by atoms with Crippen LogP contribution in [-0.2, 0) is 9.59 Å². The van der Waals surface area contributed by atoms with E-state index in [1.165, 1.54) is 29.2 Å². The summed E-state index contributed by atoms with van der Waals surface area (Å²) in [5.74, 6) is -1.05. The summed E-state index contributed by atoms with van der Waals surface area (Å²) in [6.45, 7) is 0.0117. The van der Waals surface area contributed by atoms with Gasteiger partial charge in [-0.3, -0.25) is 40.2 Å². The zero-order valence-electron chi connectivity index (χ0n) is 17.3. The second kappa shape index (κ2) is 10.7. The number of rotatable bonds is 7. The third kappa shape index (κ3) is 5.93. The molecule has 2 aromatic rings. The van der Waals surface area contributed by atoms with Crippen molar-refractivity contribution in [2.45, 2.75) is 6.42 Å². The van der Waals surface area contributed by atoms with E-state index in [1.807, 2.05) is 0 Å². The summed E-state index contributed by atoms with van der Waals surface area (Å²) in [5, 5.41) is 11.0. The number of ether oxygens (including phenoxy) is 1. The smallest absolute Gasteiger partial charge is 0.282 e. The molecule has 1 aliphatic heterocycles. The minimum Gasteiger partial charge on any atom is -0.497 e. The first-order valence-electron chi connectivity index (χ1n) is 9.52. The van der Waals surface area contributed by atoms with Crippen LogP contribution >= 0.6 is 24.0 Å². The van der Waals surface area contributed by atoms with E-state index in [0.29, 0.717) is 15.0 Å². The Morgan fingerprint density at radius 3 is 2.55 bits per heavy atom. The van der Waals surface area contributed by atoms with Crippen molar-refractivity contribution in [1.82, 2.24) is 15.8 Å². The van der Waals surface area contributed by atoms with Gasteiger partial charge < -0.3 is 4.74 Å². The van der Waals surface area contributed by atoms with Crippen molar-refractivity contribution < 1.29 is 24.0 Å². The predicted octanol–water partition coefficient (Wildman–Crippen LogP) is 2.66. The van der Waals surface area contributed by atoms with Gasteiger partial charge in [0.2, 0.25) is 5.91 Å². The Morgan fingerprint density at radius 1 is 1.18 bits per heavy atom. The second-order valence-corrected chi connectivity index (χ2v) is 8.31. The fourth-order valence-electron chi connectivity index (χ4n) is 2.84. The van der Waals surface area contributed by atoms with Crippen LogP contribution in [0.3, 0.4) is 0 Å². The molecular formula is C21H18N4O6S2. The highest BCUT2D eigenvalue weighted by Crippen LogP contribution is 2.32. The molecule has 33 heavy (non-hydrogen) atoms. The lowest BCUT2D eigenvalue weighted by Crippen LogP contribution is -2.43. The molecule has 2 N–H and O–H groups in total. The van der Waals surface area contributed by atoms with Gasteiger partial charge in [-0.25, -0.2) is 0 Å². The van der Waals surface area contributed by atoms with Gasteiger partial charge in [0.1, 0.15) is 15.6 Å². The zero-order valence-corrected chi connectivity index (χ0v) is 18.9. The number of amides is 3. The van der Waals surface area contributed by atoms with Crippen LogP contribution in [0.4, 0.5) is 5.69 Å². The molecule has 10 nitrogen and oxygen atoms in total. The standard InChI is InChI=1S/C21H18N4O6S2/c1-31-14-8-6-13(7-9-14)12-17-20(28)24(21(32)33-17)11-10-18(26)22-23-19(27)15-4-2-3-5-16(15)25(29)30/h2-9,12H,10-11H2,1H3,(H,22,26)(H,23,27)/b17-12+. The highest BCUT2D eigenvalue weighted by atomic mass is 32.2. The maximum atomic E-state index is 12.7. The number of carbonyl (C=O) groups is 3. The normalized spacial score (nSPS) is 14.3. The minimum absolute atomic E-state index is 0.0117. The van der Waals surface area contributed by atoms with Crippen molar-refractivity contribution in [1.29, 1.82) is 0 Å².